The lowest BCUT2D eigenvalue weighted by Crippen LogP contribution is -2.05. The van der Waals surface area contributed by atoms with Crippen molar-refractivity contribution in [3.05, 3.63) is 35.0 Å². The molecular formula is C9H7ClN6. The Morgan fingerprint density at radius 2 is 2.31 bits per heavy atom. The SMILES string of the molecule is N#Cc1ncn(Cc2nc(N)ccc2Cl)n1. The van der Waals surface area contributed by atoms with Crippen molar-refractivity contribution in [2.75, 3.05) is 5.73 Å². The third kappa shape index (κ3) is 2.10. The van der Waals surface area contributed by atoms with Crippen molar-refractivity contribution in [3.8, 4) is 6.07 Å². The fourth-order valence-electron chi connectivity index (χ4n) is 1.19. The third-order valence-electron chi connectivity index (χ3n) is 1.89. The number of aromatic nitrogens is 4. The lowest BCUT2D eigenvalue weighted by atomic mass is 10.3. The largest absolute Gasteiger partial charge is 0.384 e. The topological polar surface area (TPSA) is 93.4 Å². The molecule has 0 fully saturated rings. The van der Waals surface area contributed by atoms with E-state index in [1.54, 1.807) is 12.1 Å². The molecule has 2 aromatic rings. The van der Waals surface area contributed by atoms with Crippen molar-refractivity contribution in [3.63, 3.8) is 0 Å². The zero-order valence-corrected chi connectivity index (χ0v) is 8.89. The first-order chi connectivity index (χ1) is 7.69. The molecule has 0 aliphatic rings. The van der Waals surface area contributed by atoms with E-state index in [1.165, 1.54) is 11.0 Å². The Labute approximate surface area is 96.3 Å². The molecule has 0 bridgehead atoms. The monoisotopic (exact) mass is 234 g/mol. The van der Waals surface area contributed by atoms with E-state index >= 15 is 0 Å². The van der Waals surface area contributed by atoms with Crippen LogP contribution in [0.2, 0.25) is 5.02 Å². The lowest BCUT2D eigenvalue weighted by Gasteiger charge is -2.03. The van der Waals surface area contributed by atoms with Gasteiger partial charge in [-0.15, -0.1) is 5.10 Å². The lowest BCUT2D eigenvalue weighted by molar-refractivity contribution is 0.669. The Bertz CT molecular complexity index is 555. The smallest absolute Gasteiger partial charge is 0.252 e. The Morgan fingerprint density at radius 1 is 1.50 bits per heavy atom. The van der Waals surface area contributed by atoms with Crippen molar-refractivity contribution in [1.29, 1.82) is 5.26 Å². The molecule has 7 heteroatoms. The fourth-order valence-corrected chi connectivity index (χ4v) is 1.35. The molecule has 0 spiro atoms. The van der Waals surface area contributed by atoms with E-state index < -0.39 is 0 Å². The normalized spacial score (nSPS) is 10.0. The first-order valence-electron chi connectivity index (χ1n) is 4.39. The zero-order valence-electron chi connectivity index (χ0n) is 8.13. The number of hydrogen-bond donors (Lipinski definition) is 1. The molecule has 0 aromatic carbocycles. The van der Waals surface area contributed by atoms with Gasteiger partial charge in [0.1, 0.15) is 18.2 Å². The summed E-state index contributed by atoms with van der Waals surface area (Å²) in [5.74, 6) is 0.500. The predicted octanol–water partition coefficient (Wildman–Crippen LogP) is 0.829. The summed E-state index contributed by atoms with van der Waals surface area (Å²) < 4.78 is 1.48. The minimum atomic E-state index is 0.111. The van der Waals surface area contributed by atoms with E-state index in [-0.39, 0.29) is 5.82 Å². The van der Waals surface area contributed by atoms with Crippen LogP contribution in [0.25, 0.3) is 0 Å². The highest BCUT2D eigenvalue weighted by Crippen LogP contribution is 2.15. The van der Waals surface area contributed by atoms with Crippen LogP contribution in [0.1, 0.15) is 11.5 Å². The van der Waals surface area contributed by atoms with Gasteiger partial charge in [-0.05, 0) is 12.1 Å². The molecular weight excluding hydrogens is 228 g/mol. The third-order valence-corrected chi connectivity index (χ3v) is 2.23. The molecule has 80 valence electrons. The number of nitrogens with two attached hydrogens (primary N) is 1. The molecule has 0 atom stereocenters. The molecule has 0 saturated carbocycles. The second-order valence-electron chi connectivity index (χ2n) is 3.04. The molecule has 0 amide bonds. The summed E-state index contributed by atoms with van der Waals surface area (Å²) in [6.45, 7) is 0.332. The molecule has 0 saturated heterocycles. The maximum Gasteiger partial charge on any atom is 0.252 e. The molecule has 2 aromatic heterocycles. The summed E-state index contributed by atoms with van der Waals surface area (Å²) in [5.41, 5.74) is 6.14. The first-order valence-corrected chi connectivity index (χ1v) is 4.77. The second-order valence-corrected chi connectivity index (χ2v) is 3.45. The van der Waals surface area contributed by atoms with Gasteiger partial charge in [0, 0.05) is 0 Å². The van der Waals surface area contributed by atoms with Crippen molar-refractivity contribution < 1.29 is 0 Å². The van der Waals surface area contributed by atoms with E-state index in [0.29, 0.717) is 23.1 Å². The Morgan fingerprint density at radius 3 is 3.00 bits per heavy atom. The van der Waals surface area contributed by atoms with Crippen LogP contribution in [0.5, 0.6) is 0 Å². The van der Waals surface area contributed by atoms with Crippen LogP contribution in [0.3, 0.4) is 0 Å². The van der Waals surface area contributed by atoms with Gasteiger partial charge < -0.3 is 5.73 Å². The highest BCUT2D eigenvalue weighted by atomic mass is 35.5. The van der Waals surface area contributed by atoms with Gasteiger partial charge in [0.15, 0.2) is 0 Å². The van der Waals surface area contributed by atoms with Crippen molar-refractivity contribution >= 4 is 17.4 Å². The second kappa shape index (κ2) is 4.16. The Kier molecular flexibility index (Phi) is 2.70. The van der Waals surface area contributed by atoms with Gasteiger partial charge in [0.05, 0.1) is 17.3 Å². The predicted molar refractivity (Wildman–Crippen MR) is 57.5 cm³/mol. The minimum absolute atomic E-state index is 0.111. The van der Waals surface area contributed by atoms with Crippen molar-refractivity contribution in [2.45, 2.75) is 6.54 Å². The number of nitrogen functional groups attached to an aromatic ring is 1. The molecule has 2 rings (SSSR count). The van der Waals surface area contributed by atoms with E-state index in [0.717, 1.165) is 0 Å². The van der Waals surface area contributed by atoms with E-state index in [1.807, 2.05) is 6.07 Å². The molecule has 0 radical (unpaired) electrons. The zero-order chi connectivity index (χ0) is 11.5. The van der Waals surface area contributed by atoms with Crippen LogP contribution >= 0.6 is 11.6 Å². The molecule has 0 aliphatic heterocycles. The average Bonchev–Trinajstić information content (AvgIpc) is 2.71. The van der Waals surface area contributed by atoms with Gasteiger partial charge in [0.2, 0.25) is 0 Å². The van der Waals surface area contributed by atoms with E-state index in [4.69, 9.17) is 22.6 Å². The maximum absolute atomic E-state index is 8.57. The molecule has 0 aliphatic carbocycles. The summed E-state index contributed by atoms with van der Waals surface area (Å²) in [6, 6.07) is 5.12. The number of anilines is 1. The molecule has 6 nitrogen and oxygen atoms in total. The number of hydrogen-bond acceptors (Lipinski definition) is 5. The Balaban J connectivity index is 2.27. The fraction of sp³-hybridized carbons (Fsp3) is 0.111. The number of nitriles is 1. The quantitative estimate of drug-likeness (QED) is 0.831. The van der Waals surface area contributed by atoms with E-state index in [9.17, 15) is 0 Å². The van der Waals surface area contributed by atoms with Crippen LogP contribution in [-0.2, 0) is 6.54 Å². The summed E-state index contributed by atoms with van der Waals surface area (Å²) in [4.78, 5) is 7.85. The van der Waals surface area contributed by atoms with Crippen LogP contribution in [0.4, 0.5) is 5.82 Å². The van der Waals surface area contributed by atoms with E-state index in [2.05, 4.69) is 15.1 Å². The summed E-state index contributed by atoms with van der Waals surface area (Å²) in [5, 5.41) is 13.0. The van der Waals surface area contributed by atoms with Gasteiger partial charge in [-0.3, -0.25) is 0 Å². The number of pyridine rings is 1. The van der Waals surface area contributed by atoms with Crippen LogP contribution < -0.4 is 5.73 Å². The summed E-state index contributed by atoms with van der Waals surface area (Å²) in [7, 11) is 0. The van der Waals surface area contributed by atoms with Crippen LogP contribution in [0, 0.1) is 11.3 Å². The average molecular weight is 235 g/mol. The van der Waals surface area contributed by atoms with Crippen molar-refractivity contribution in [2.24, 2.45) is 0 Å². The highest BCUT2D eigenvalue weighted by molar-refractivity contribution is 6.31. The molecule has 0 unspecified atom stereocenters. The number of nitrogens with zero attached hydrogens (tertiary/aromatic N) is 5. The minimum Gasteiger partial charge on any atom is -0.384 e. The van der Waals surface area contributed by atoms with Gasteiger partial charge in [-0.1, -0.05) is 11.6 Å². The van der Waals surface area contributed by atoms with Gasteiger partial charge in [0.25, 0.3) is 5.82 Å². The summed E-state index contributed by atoms with van der Waals surface area (Å²) >= 11 is 5.94. The molecule has 2 N–H and O–H groups in total. The van der Waals surface area contributed by atoms with Crippen molar-refractivity contribution in [1.82, 2.24) is 19.7 Å². The Hall–Kier alpha value is -2.13. The number of rotatable bonds is 2. The highest BCUT2D eigenvalue weighted by Gasteiger charge is 2.05. The standard InChI is InChI=1S/C9H7ClN6/c10-6-1-2-8(12)14-7(6)4-16-5-13-9(3-11)15-16/h1-2,5H,4H2,(H2,12,14). The van der Waals surface area contributed by atoms with Crippen LogP contribution in [0.15, 0.2) is 18.5 Å². The van der Waals surface area contributed by atoms with Gasteiger partial charge in [-0.25, -0.2) is 14.6 Å². The maximum atomic E-state index is 8.57. The molecule has 16 heavy (non-hydrogen) atoms. The molecule has 2 heterocycles. The summed E-state index contributed by atoms with van der Waals surface area (Å²) in [6.07, 6.45) is 1.44. The van der Waals surface area contributed by atoms with Crippen LogP contribution in [-0.4, -0.2) is 19.7 Å². The number of halogens is 1. The van der Waals surface area contributed by atoms with Gasteiger partial charge >= 0.3 is 0 Å². The first kappa shape index (κ1) is 10.4. The van der Waals surface area contributed by atoms with Gasteiger partial charge in [-0.2, -0.15) is 5.26 Å².